The zero-order valence-electron chi connectivity index (χ0n) is 11.6. The van der Waals surface area contributed by atoms with Crippen molar-refractivity contribution in [2.45, 2.75) is 25.9 Å². The first-order chi connectivity index (χ1) is 9.26. The molecule has 0 amide bonds. The summed E-state index contributed by atoms with van der Waals surface area (Å²) in [6, 6.07) is 6.15. The lowest BCUT2D eigenvalue weighted by molar-refractivity contribution is 0.126. The highest BCUT2D eigenvalue weighted by Gasteiger charge is 2.19. The first-order valence-corrected chi connectivity index (χ1v) is 6.96. The molecule has 2 rings (SSSR count). The third kappa shape index (κ3) is 3.69. The molecule has 0 bridgehead atoms. The van der Waals surface area contributed by atoms with Crippen LogP contribution in [-0.2, 0) is 13.1 Å². The van der Waals surface area contributed by atoms with Crippen LogP contribution in [0.3, 0.4) is 0 Å². The van der Waals surface area contributed by atoms with Crippen LogP contribution < -0.4 is 10.5 Å². The van der Waals surface area contributed by atoms with Crippen LogP contribution in [0.2, 0.25) is 0 Å². The molecule has 0 spiro atoms. The van der Waals surface area contributed by atoms with Crippen LogP contribution in [-0.4, -0.2) is 36.8 Å². The van der Waals surface area contributed by atoms with Gasteiger partial charge < -0.3 is 15.6 Å². The predicted octanol–water partition coefficient (Wildman–Crippen LogP) is 1.36. The van der Waals surface area contributed by atoms with Gasteiger partial charge in [0.25, 0.3) is 0 Å². The average molecular weight is 264 g/mol. The van der Waals surface area contributed by atoms with Crippen molar-refractivity contribution in [2.75, 3.05) is 26.8 Å². The number of likely N-dealkylation sites (tertiary alicyclic amines) is 1. The van der Waals surface area contributed by atoms with E-state index in [2.05, 4.69) is 11.0 Å². The highest BCUT2D eigenvalue weighted by atomic mass is 16.5. The second-order valence-corrected chi connectivity index (χ2v) is 5.25. The molecule has 1 saturated heterocycles. The smallest absolute Gasteiger partial charge is 0.123 e. The van der Waals surface area contributed by atoms with Gasteiger partial charge >= 0.3 is 0 Å². The molecule has 1 aliphatic heterocycles. The third-order valence-corrected chi connectivity index (χ3v) is 3.94. The maximum atomic E-state index is 9.17. The summed E-state index contributed by atoms with van der Waals surface area (Å²) in [4.78, 5) is 2.42. The Bertz CT molecular complexity index is 401. The number of nitrogens with zero attached hydrogens (tertiary/aromatic N) is 1. The van der Waals surface area contributed by atoms with E-state index >= 15 is 0 Å². The Morgan fingerprint density at radius 2 is 2.11 bits per heavy atom. The zero-order valence-corrected chi connectivity index (χ0v) is 11.6. The lowest BCUT2D eigenvalue weighted by atomic mass is 9.97. The number of hydrogen-bond acceptors (Lipinski definition) is 4. The summed E-state index contributed by atoms with van der Waals surface area (Å²) in [5.41, 5.74) is 8.04. The van der Waals surface area contributed by atoms with Gasteiger partial charge in [-0.2, -0.15) is 0 Å². The van der Waals surface area contributed by atoms with E-state index in [0.717, 1.165) is 43.8 Å². The molecule has 4 nitrogen and oxygen atoms in total. The van der Waals surface area contributed by atoms with Gasteiger partial charge in [-0.25, -0.2) is 0 Å². The maximum Gasteiger partial charge on any atom is 0.123 e. The summed E-state index contributed by atoms with van der Waals surface area (Å²) in [7, 11) is 1.71. The van der Waals surface area contributed by atoms with Gasteiger partial charge in [-0.3, -0.25) is 4.90 Å². The van der Waals surface area contributed by atoms with Crippen molar-refractivity contribution >= 4 is 0 Å². The molecule has 1 aliphatic rings. The molecule has 0 aliphatic carbocycles. The van der Waals surface area contributed by atoms with E-state index in [1.54, 1.807) is 7.11 Å². The van der Waals surface area contributed by atoms with Gasteiger partial charge in [0.2, 0.25) is 0 Å². The van der Waals surface area contributed by atoms with Crippen molar-refractivity contribution in [2.24, 2.45) is 11.7 Å². The van der Waals surface area contributed by atoms with Crippen LogP contribution in [0.4, 0.5) is 0 Å². The second-order valence-electron chi connectivity index (χ2n) is 5.25. The lowest BCUT2D eigenvalue weighted by Crippen LogP contribution is -2.34. The van der Waals surface area contributed by atoms with Gasteiger partial charge in [-0.15, -0.1) is 0 Å². The fourth-order valence-corrected chi connectivity index (χ4v) is 2.65. The number of nitrogens with two attached hydrogens (primary N) is 1. The average Bonchev–Trinajstić information content (AvgIpc) is 2.48. The first-order valence-electron chi connectivity index (χ1n) is 6.96. The van der Waals surface area contributed by atoms with Gasteiger partial charge in [-0.05, 0) is 49.5 Å². The van der Waals surface area contributed by atoms with Crippen LogP contribution in [0.1, 0.15) is 24.0 Å². The molecule has 1 heterocycles. The second kappa shape index (κ2) is 6.89. The Hall–Kier alpha value is -1.10. The Morgan fingerprint density at radius 3 is 2.68 bits per heavy atom. The number of ether oxygens (including phenoxy) is 1. The molecule has 19 heavy (non-hydrogen) atoms. The highest BCUT2D eigenvalue weighted by molar-refractivity contribution is 5.37. The van der Waals surface area contributed by atoms with E-state index in [0.29, 0.717) is 19.1 Å². The Morgan fingerprint density at radius 1 is 1.37 bits per heavy atom. The number of methoxy groups -OCH3 is 1. The van der Waals surface area contributed by atoms with Gasteiger partial charge in [0, 0.05) is 25.3 Å². The molecular weight excluding hydrogens is 240 g/mol. The van der Waals surface area contributed by atoms with Crippen molar-refractivity contribution in [1.29, 1.82) is 0 Å². The normalized spacial score (nSPS) is 17.6. The van der Waals surface area contributed by atoms with Crippen molar-refractivity contribution in [3.05, 3.63) is 29.3 Å². The van der Waals surface area contributed by atoms with Crippen LogP contribution in [0.15, 0.2) is 18.2 Å². The van der Waals surface area contributed by atoms with Crippen molar-refractivity contribution in [3.8, 4) is 5.75 Å². The number of aliphatic hydroxyl groups excluding tert-OH is 1. The molecular formula is C15H24N2O2. The van der Waals surface area contributed by atoms with E-state index < -0.39 is 0 Å². The summed E-state index contributed by atoms with van der Waals surface area (Å²) in [5.74, 6) is 1.41. The predicted molar refractivity (Wildman–Crippen MR) is 76.0 cm³/mol. The monoisotopic (exact) mass is 264 g/mol. The van der Waals surface area contributed by atoms with Gasteiger partial charge in [0.05, 0.1) is 7.11 Å². The van der Waals surface area contributed by atoms with E-state index in [-0.39, 0.29) is 0 Å². The van der Waals surface area contributed by atoms with Crippen LogP contribution >= 0.6 is 0 Å². The molecule has 0 radical (unpaired) electrons. The minimum atomic E-state index is 0.319. The van der Waals surface area contributed by atoms with Crippen LogP contribution in [0.25, 0.3) is 0 Å². The lowest BCUT2D eigenvalue weighted by Gasteiger charge is -2.31. The summed E-state index contributed by atoms with van der Waals surface area (Å²) < 4.78 is 5.42. The largest absolute Gasteiger partial charge is 0.496 e. The Balaban J connectivity index is 2.02. The molecule has 0 unspecified atom stereocenters. The number of hydrogen-bond donors (Lipinski definition) is 2. The molecule has 1 aromatic rings. The molecule has 0 saturated carbocycles. The molecule has 1 aromatic carbocycles. The Labute approximate surface area is 115 Å². The summed E-state index contributed by atoms with van der Waals surface area (Å²) >= 11 is 0. The fraction of sp³-hybridized carbons (Fsp3) is 0.600. The Kier molecular flexibility index (Phi) is 5.19. The van der Waals surface area contributed by atoms with Gasteiger partial charge in [0.1, 0.15) is 5.75 Å². The molecule has 3 N–H and O–H groups in total. The van der Waals surface area contributed by atoms with Crippen molar-refractivity contribution in [1.82, 2.24) is 4.90 Å². The first kappa shape index (κ1) is 14.3. The minimum absolute atomic E-state index is 0.319. The molecule has 0 atom stereocenters. The minimum Gasteiger partial charge on any atom is -0.496 e. The van der Waals surface area contributed by atoms with E-state index in [1.165, 1.54) is 5.56 Å². The standard InChI is InChI=1S/C15H24N2O2/c1-19-15-3-2-13(9-16)8-14(15)10-17-6-4-12(11-18)5-7-17/h2-3,8,12,18H,4-7,9-11,16H2,1H3. The van der Waals surface area contributed by atoms with Crippen molar-refractivity contribution < 1.29 is 9.84 Å². The zero-order chi connectivity index (χ0) is 13.7. The third-order valence-electron chi connectivity index (χ3n) is 3.94. The summed E-state index contributed by atoms with van der Waals surface area (Å²) in [5, 5.41) is 9.17. The number of aliphatic hydroxyl groups is 1. The topological polar surface area (TPSA) is 58.7 Å². The van der Waals surface area contributed by atoms with Crippen molar-refractivity contribution in [3.63, 3.8) is 0 Å². The number of rotatable bonds is 5. The van der Waals surface area contributed by atoms with E-state index in [1.807, 2.05) is 12.1 Å². The van der Waals surface area contributed by atoms with E-state index in [9.17, 15) is 0 Å². The van der Waals surface area contributed by atoms with Gasteiger partial charge in [-0.1, -0.05) is 6.07 Å². The molecule has 0 aromatic heterocycles. The van der Waals surface area contributed by atoms with Crippen LogP contribution in [0.5, 0.6) is 5.75 Å². The van der Waals surface area contributed by atoms with E-state index in [4.69, 9.17) is 15.6 Å². The highest BCUT2D eigenvalue weighted by Crippen LogP contribution is 2.24. The quantitative estimate of drug-likeness (QED) is 0.843. The van der Waals surface area contributed by atoms with Crippen LogP contribution in [0, 0.1) is 5.92 Å². The number of piperidine rings is 1. The molecule has 1 fully saturated rings. The molecule has 4 heteroatoms. The SMILES string of the molecule is COc1ccc(CN)cc1CN1CCC(CO)CC1. The fourth-order valence-electron chi connectivity index (χ4n) is 2.65. The maximum absolute atomic E-state index is 9.17. The molecule has 106 valence electrons. The number of benzene rings is 1. The van der Waals surface area contributed by atoms with Gasteiger partial charge in [0.15, 0.2) is 0 Å². The summed E-state index contributed by atoms with van der Waals surface area (Å²) in [6.45, 7) is 3.86. The summed E-state index contributed by atoms with van der Waals surface area (Å²) in [6.07, 6.45) is 2.16.